The highest BCUT2D eigenvalue weighted by Gasteiger charge is 2.58. The molecule has 0 aromatic heterocycles. The first-order chi connectivity index (χ1) is 12.0. The molecular formula is C17H29NO8. The monoisotopic (exact) mass is 375 g/mol. The lowest BCUT2D eigenvalue weighted by Gasteiger charge is -2.29. The smallest absolute Gasteiger partial charge is 0.407 e. The maximum Gasteiger partial charge on any atom is 0.407 e. The molecule has 0 radical (unpaired) electrons. The number of fused-ring (bicyclic) bond motifs is 1. The van der Waals surface area contributed by atoms with Crippen molar-refractivity contribution in [3.63, 3.8) is 0 Å². The Bertz CT molecular complexity index is 529. The fourth-order valence-electron chi connectivity index (χ4n) is 3.08. The van der Waals surface area contributed by atoms with E-state index in [0.29, 0.717) is 0 Å². The van der Waals surface area contributed by atoms with E-state index < -0.39 is 54.1 Å². The Labute approximate surface area is 153 Å². The van der Waals surface area contributed by atoms with E-state index in [2.05, 4.69) is 5.32 Å². The molecule has 0 aliphatic carbocycles. The molecule has 1 amide bonds. The summed E-state index contributed by atoms with van der Waals surface area (Å²) in [6.45, 7) is 8.82. The van der Waals surface area contributed by atoms with Gasteiger partial charge in [-0.2, -0.15) is 0 Å². The predicted molar refractivity (Wildman–Crippen MR) is 89.3 cm³/mol. The first kappa shape index (κ1) is 20.9. The van der Waals surface area contributed by atoms with Gasteiger partial charge in [-0.15, -0.1) is 0 Å². The number of rotatable bonds is 5. The van der Waals surface area contributed by atoms with Crippen molar-refractivity contribution in [3.05, 3.63) is 0 Å². The number of esters is 1. The van der Waals surface area contributed by atoms with Crippen LogP contribution in [0.4, 0.5) is 4.79 Å². The molecule has 9 nitrogen and oxygen atoms in total. The van der Waals surface area contributed by atoms with Crippen LogP contribution in [0.5, 0.6) is 0 Å². The van der Waals surface area contributed by atoms with Gasteiger partial charge in [0.15, 0.2) is 12.1 Å². The maximum absolute atomic E-state index is 12.2. The maximum atomic E-state index is 12.2. The molecule has 26 heavy (non-hydrogen) atoms. The standard InChI is InChI=1S/C17H29NO8/c1-16(2,3)26-15(20)18-9(8-10(19)21-6)11-12-13(14(22-7)23-11)25-17(4,5)24-12/h9,11-14H,8H2,1-7H3,(H,18,20)/t9-,11+,12-,13-,14-/m0/s1. The number of hydrogen-bond acceptors (Lipinski definition) is 8. The minimum Gasteiger partial charge on any atom is -0.469 e. The quantitative estimate of drug-likeness (QED) is 0.718. The third-order valence-electron chi connectivity index (χ3n) is 3.99. The van der Waals surface area contributed by atoms with Gasteiger partial charge in [0.25, 0.3) is 0 Å². The van der Waals surface area contributed by atoms with E-state index in [1.54, 1.807) is 34.6 Å². The second-order valence-corrected chi connectivity index (χ2v) is 7.80. The summed E-state index contributed by atoms with van der Waals surface area (Å²) in [6, 6.07) is -0.734. The van der Waals surface area contributed by atoms with E-state index >= 15 is 0 Å². The Balaban J connectivity index is 2.18. The normalized spacial score (nSPS) is 31.2. The van der Waals surface area contributed by atoms with Crippen molar-refractivity contribution >= 4 is 12.1 Å². The van der Waals surface area contributed by atoms with Gasteiger partial charge >= 0.3 is 12.1 Å². The lowest BCUT2D eigenvalue weighted by atomic mass is 10.0. The van der Waals surface area contributed by atoms with Crippen molar-refractivity contribution in [1.29, 1.82) is 0 Å². The van der Waals surface area contributed by atoms with Crippen LogP contribution >= 0.6 is 0 Å². The number of nitrogens with one attached hydrogen (secondary N) is 1. The van der Waals surface area contributed by atoms with Crippen LogP contribution in [0.1, 0.15) is 41.0 Å². The van der Waals surface area contributed by atoms with Crippen LogP contribution in [0.2, 0.25) is 0 Å². The van der Waals surface area contributed by atoms with Crippen molar-refractivity contribution < 1.29 is 38.0 Å². The summed E-state index contributed by atoms with van der Waals surface area (Å²) in [5, 5.41) is 2.69. The lowest BCUT2D eigenvalue weighted by Crippen LogP contribution is -2.51. The third-order valence-corrected chi connectivity index (χ3v) is 3.99. The number of hydrogen-bond donors (Lipinski definition) is 1. The number of alkyl carbamates (subject to hydrolysis) is 1. The molecule has 0 saturated carbocycles. The number of ether oxygens (including phenoxy) is 6. The van der Waals surface area contributed by atoms with Gasteiger partial charge in [0, 0.05) is 7.11 Å². The Morgan fingerprint density at radius 2 is 1.77 bits per heavy atom. The second-order valence-electron chi connectivity index (χ2n) is 7.80. The Hall–Kier alpha value is -1.42. The zero-order chi connectivity index (χ0) is 19.7. The minimum atomic E-state index is -0.824. The van der Waals surface area contributed by atoms with E-state index in [0.717, 1.165) is 0 Å². The minimum absolute atomic E-state index is 0.107. The number of carbonyl (C=O) groups excluding carboxylic acids is 2. The van der Waals surface area contributed by atoms with Crippen LogP contribution in [-0.4, -0.2) is 68.3 Å². The molecule has 2 aliphatic rings. The first-order valence-corrected chi connectivity index (χ1v) is 8.56. The molecule has 2 rings (SSSR count). The molecule has 150 valence electrons. The molecular weight excluding hydrogens is 346 g/mol. The summed E-state index contributed by atoms with van der Waals surface area (Å²) in [4.78, 5) is 24.1. The van der Waals surface area contributed by atoms with Gasteiger partial charge in [0.2, 0.25) is 0 Å². The van der Waals surface area contributed by atoms with E-state index in [-0.39, 0.29) is 6.42 Å². The largest absolute Gasteiger partial charge is 0.469 e. The third kappa shape index (κ3) is 5.06. The van der Waals surface area contributed by atoms with Crippen LogP contribution in [0.3, 0.4) is 0 Å². The average molecular weight is 375 g/mol. The topological polar surface area (TPSA) is 102 Å². The molecule has 2 fully saturated rings. The summed E-state index contributed by atoms with van der Waals surface area (Å²) in [5.41, 5.74) is -0.678. The van der Waals surface area contributed by atoms with Crippen LogP contribution in [0.15, 0.2) is 0 Å². The zero-order valence-electron chi connectivity index (χ0n) is 16.4. The molecule has 0 spiro atoms. The molecule has 0 bridgehead atoms. The van der Waals surface area contributed by atoms with E-state index in [4.69, 9.17) is 28.4 Å². The molecule has 5 atom stereocenters. The molecule has 1 N–H and O–H groups in total. The molecule has 2 aliphatic heterocycles. The van der Waals surface area contributed by atoms with Crippen molar-refractivity contribution in [2.45, 2.75) is 83.1 Å². The average Bonchev–Trinajstić information content (AvgIpc) is 2.97. The highest BCUT2D eigenvalue weighted by Crippen LogP contribution is 2.40. The fourth-order valence-corrected chi connectivity index (χ4v) is 3.08. The Morgan fingerprint density at radius 3 is 2.31 bits per heavy atom. The van der Waals surface area contributed by atoms with Crippen LogP contribution in [-0.2, 0) is 33.2 Å². The zero-order valence-corrected chi connectivity index (χ0v) is 16.4. The molecule has 0 aromatic carbocycles. The summed E-state index contributed by atoms with van der Waals surface area (Å²) >= 11 is 0. The summed E-state index contributed by atoms with van der Waals surface area (Å²) in [5.74, 6) is -1.32. The van der Waals surface area contributed by atoms with Gasteiger partial charge in [-0.25, -0.2) is 4.79 Å². The highest BCUT2D eigenvalue weighted by atomic mass is 16.8. The number of methoxy groups -OCH3 is 2. The van der Waals surface area contributed by atoms with Gasteiger partial charge in [-0.1, -0.05) is 0 Å². The van der Waals surface area contributed by atoms with Gasteiger partial charge in [0.1, 0.15) is 23.9 Å². The van der Waals surface area contributed by atoms with Crippen molar-refractivity contribution in [1.82, 2.24) is 5.32 Å². The van der Waals surface area contributed by atoms with Crippen molar-refractivity contribution in [2.24, 2.45) is 0 Å². The summed E-state index contributed by atoms with van der Waals surface area (Å²) < 4.78 is 33.0. The molecule has 2 saturated heterocycles. The lowest BCUT2D eigenvalue weighted by molar-refractivity contribution is -0.230. The highest BCUT2D eigenvalue weighted by molar-refractivity contribution is 5.73. The number of amides is 1. The summed E-state index contributed by atoms with van der Waals surface area (Å²) in [7, 11) is 2.77. The van der Waals surface area contributed by atoms with Gasteiger partial charge in [-0.3, -0.25) is 4.79 Å². The van der Waals surface area contributed by atoms with Crippen LogP contribution < -0.4 is 5.32 Å². The summed E-state index contributed by atoms with van der Waals surface area (Å²) in [6.07, 6.45) is -3.10. The van der Waals surface area contributed by atoms with Crippen LogP contribution in [0, 0.1) is 0 Å². The second kappa shape index (κ2) is 7.67. The van der Waals surface area contributed by atoms with Gasteiger partial charge in [0.05, 0.1) is 19.6 Å². The molecule has 0 unspecified atom stereocenters. The van der Waals surface area contributed by atoms with Gasteiger partial charge in [-0.05, 0) is 34.6 Å². The van der Waals surface area contributed by atoms with Crippen molar-refractivity contribution in [2.75, 3.05) is 14.2 Å². The number of carbonyl (C=O) groups is 2. The Morgan fingerprint density at radius 1 is 1.15 bits per heavy atom. The fraction of sp³-hybridized carbons (Fsp3) is 0.882. The van der Waals surface area contributed by atoms with E-state index in [1.807, 2.05) is 0 Å². The predicted octanol–water partition coefficient (Wildman–Crippen LogP) is 1.33. The van der Waals surface area contributed by atoms with E-state index in [1.165, 1.54) is 14.2 Å². The first-order valence-electron chi connectivity index (χ1n) is 8.56. The molecule has 0 aromatic rings. The van der Waals surface area contributed by atoms with Crippen LogP contribution in [0.25, 0.3) is 0 Å². The SMILES string of the molecule is COC(=O)C[C@H](NC(=O)OC(C)(C)C)[C@H]1O[C@H](OC)[C@H]2OC(C)(C)O[C@H]21. The van der Waals surface area contributed by atoms with Crippen molar-refractivity contribution in [3.8, 4) is 0 Å². The molecule has 2 heterocycles. The molecule has 9 heteroatoms. The van der Waals surface area contributed by atoms with Gasteiger partial charge < -0.3 is 33.7 Å². The van der Waals surface area contributed by atoms with E-state index in [9.17, 15) is 9.59 Å². The Kier molecular flexibility index (Phi) is 6.17.